The van der Waals surface area contributed by atoms with Gasteiger partial charge in [-0.2, -0.15) is 0 Å². The number of thioether (sulfide) groups is 1. The highest BCUT2D eigenvalue weighted by Crippen LogP contribution is 2.27. The second-order valence-electron chi connectivity index (χ2n) is 6.09. The summed E-state index contributed by atoms with van der Waals surface area (Å²) in [6.07, 6.45) is 6.11. The van der Waals surface area contributed by atoms with Crippen LogP contribution in [0.2, 0.25) is 0 Å². The van der Waals surface area contributed by atoms with Gasteiger partial charge in [-0.25, -0.2) is 0 Å². The lowest BCUT2D eigenvalue weighted by atomic mass is 10.0. The van der Waals surface area contributed by atoms with E-state index in [0.717, 1.165) is 37.2 Å². The standard InChI is InChI=1S/C18H24N4O2S/c1-3-14-8-6-7-11-21(14)17(23)12-25-18-20-19-13-22(18)15-9-4-5-10-16(15)24-2/h4-5,9-10,13-14H,3,6-8,11-12H2,1-2H3/t14-/m0/s1. The van der Waals surface area contributed by atoms with E-state index in [-0.39, 0.29) is 5.91 Å². The van der Waals surface area contributed by atoms with E-state index in [9.17, 15) is 4.79 Å². The maximum Gasteiger partial charge on any atom is 0.233 e. The maximum absolute atomic E-state index is 12.7. The number of aromatic nitrogens is 3. The van der Waals surface area contributed by atoms with Crippen molar-refractivity contribution in [1.82, 2.24) is 19.7 Å². The number of rotatable bonds is 6. The van der Waals surface area contributed by atoms with E-state index in [1.807, 2.05) is 33.7 Å². The molecule has 2 heterocycles. The van der Waals surface area contributed by atoms with Crippen LogP contribution in [0, 0.1) is 0 Å². The summed E-state index contributed by atoms with van der Waals surface area (Å²) in [6, 6.07) is 8.09. The third kappa shape index (κ3) is 3.98. The lowest BCUT2D eigenvalue weighted by Crippen LogP contribution is -2.44. The number of methoxy groups -OCH3 is 1. The quantitative estimate of drug-likeness (QED) is 0.741. The molecule has 25 heavy (non-hydrogen) atoms. The molecule has 0 bridgehead atoms. The van der Waals surface area contributed by atoms with Gasteiger partial charge in [0.1, 0.15) is 12.1 Å². The lowest BCUT2D eigenvalue weighted by molar-refractivity contribution is -0.132. The van der Waals surface area contributed by atoms with Gasteiger partial charge < -0.3 is 9.64 Å². The minimum atomic E-state index is 0.186. The second kappa shape index (κ2) is 8.38. The first kappa shape index (κ1) is 17.8. The van der Waals surface area contributed by atoms with E-state index in [2.05, 4.69) is 17.1 Å². The highest BCUT2D eigenvalue weighted by molar-refractivity contribution is 7.99. The van der Waals surface area contributed by atoms with Gasteiger partial charge in [-0.3, -0.25) is 9.36 Å². The Morgan fingerprint density at radius 2 is 2.20 bits per heavy atom. The van der Waals surface area contributed by atoms with Crippen LogP contribution in [0.25, 0.3) is 5.69 Å². The van der Waals surface area contributed by atoms with Crippen molar-refractivity contribution in [3.8, 4) is 11.4 Å². The average Bonchev–Trinajstić information content (AvgIpc) is 3.14. The van der Waals surface area contributed by atoms with E-state index in [0.29, 0.717) is 17.0 Å². The molecule has 1 aliphatic heterocycles. The molecule has 0 N–H and O–H groups in total. The minimum absolute atomic E-state index is 0.186. The predicted octanol–water partition coefficient (Wildman–Crippen LogP) is 3.16. The zero-order valence-corrected chi connectivity index (χ0v) is 15.5. The molecule has 1 aromatic heterocycles. The normalized spacial score (nSPS) is 17.5. The Balaban J connectivity index is 1.70. The number of ether oxygens (including phenoxy) is 1. The molecule has 134 valence electrons. The summed E-state index contributed by atoms with van der Waals surface area (Å²) in [5, 5.41) is 8.88. The highest BCUT2D eigenvalue weighted by Gasteiger charge is 2.25. The number of benzene rings is 1. The number of hydrogen-bond acceptors (Lipinski definition) is 5. The molecule has 6 nitrogen and oxygen atoms in total. The number of para-hydroxylation sites is 2. The molecular formula is C18H24N4O2S. The zero-order chi connectivity index (χ0) is 17.6. The van der Waals surface area contributed by atoms with Gasteiger partial charge in [-0.15, -0.1) is 10.2 Å². The summed E-state index contributed by atoms with van der Waals surface area (Å²) in [4.78, 5) is 14.7. The molecule has 1 fully saturated rings. The molecule has 0 radical (unpaired) electrons. The number of amides is 1. The molecule has 0 unspecified atom stereocenters. The molecule has 0 spiro atoms. The third-order valence-corrected chi connectivity index (χ3v) is 5.53. The summed E-state index contributed by atoms with van der Waals surface area (Å²) in [5.41, 5.74) is 0.870. The Morgan fingerprint density at radius 3 is 3.00 bits per heavy atom. The number of piperidine rings is 1. The third-order valence-electron chi connectivity index (χ3n) is 4.60. The molecular weight excluding hydrogens is 336 g/mol. The summed E-state index contributed by atoms with van der Waals surface area (Å²) < 4.78 is 7.28. The van der Waals surface area contributed by atoms with E-state index in [1.54, 1.807) is 13.4 Å². The average molecular weight is 360 g/mol. The lowest BCUT2D eigenvalue weighted by Gasteiger charge is -2.35. The Morgan fingerprint density at radius 1 is 1.36 bits per heavy atom. The molecule has 1 amide bonds. The summed E-state index contributed by atoms with van der Waals surface area (Å²) in [7, 11) is 1.64. The number of hydrogen-bond donors (Lipinski definition) is 0. The van der Waals surface area contributed by atoms with Crippen LogP contribution in [0.3, 0.4) is 0 Å². The van der Waals surface area contributed by atoms with Crippen LogP contribution in [0.15, 0.2) is 35.7 Å². The Kier molecular flexibility index (Phi) is 5.96. The van der Waals surface area contributed by atoms with Crippen molar-refractivity contribution in [3.05, 3.63) is 30.6 Å². The molecule has 1 saturated heterocycles. The fourth-order valence-corrected chi connectivity index (χ4v) is 4.09. The SMILES string of the molecule is CC[C@H]1CCCCN1C(=O)CSc1nncn1-c1ccccc1OC. The summed E-state index contributed by atoms with van der Waals surface area (Å²) >= 11 is 1.42. The zero-order valence-electron chi connectivity index (χ0n) is 14.7. The molecule has 1 aromatic carbocycles. The summed E-state index contributed by atoms with van der Waals surface area (Å²) in [5.74, 6) is 1.31. The van der Waals surface area contributed by atoms with Gasteiger partial charge in [-0.05, 0) is 37.8 Å². The number of likely N-dealkylation sites (tertiary alicyclic amines) is 1. The monoisotopic (exact) mass is 360 g/mol. The molecule has 0 aliphatic carbocycles. The van der Waals surface area contributed by atoms with Crippen LogP contribution < -0.4 is 4.74 Å². The Labute approximate surface area is 152 Å². The molecule has 3 rings (SSSR count). The molecule has 0 saturated carbocycles. The van der Waals surface area contributed by atoms with Crippen molar-refractivity contribution < 1.29 is 9.53 Å². The molecule has 7 heteroatoms. The van der Waals surface area contributed by atoms with E-state index < -0.39 is 0 Å². The summed E-state index contributed by atoms with van der Waals surface area (Å²) in [6.45, 7) is 3.03. The molecule has 1 atom stereocenters. The first-order valence-corrected chi connectivity index (χ1v) is 9.68. The van der Waals surface area contributed by atoms with Gasteiger partial charge in [0.05, 0.1) is 18.6 Å². The first-order chi connectivity index (χ1) is 12.2. The van der Waals surface area contributed by atoms with Gasteiger partial charge in [0.2, 0.25) is 5.91 Å². The Bertz CT molecular complexity index is 719. The van der Waals surface area contributed by atoms with Gasteiger partial charge in [-0.1, -0.05) is 30.8 Å². The first-order valence-electron chi connectivity index (χ1n) is 8.70. The number of carbonyl (C=O) groups excluding carboxylic acids is 1. The largest absolute Gasteiger partial charge is 0.495 e. The van der Waals surface area contributed by atoms with Crippen molar-refractivity contribution in [3.63, 3.8) is 0 Å². The van der Waals surface area contributed by atoms with Crippen molar-refractivity contribution in [2.75, 3.05) is 19.4 Å². The van der Waals surface area contributed by atoms with E-state index in [1.165, 1.54) is 18.2 Å². The van der Waals surface area contributed by atoms with Gasteiger partial charge in [0.15, 0.2) is 5.16 Å². The number of nitrogens with zero attached hydrogens (tertiary/aromatic N) is 4. The van der Waals surface area contributed by atoms with Gasteiger partial charge in [0.25, 0.3) is 0 Å². The minimum Gasteiger partial charge on any atom is -0.495 e. The number of carbonyl (C=O) groups is 1. The van der Waals surface area contributed by atoms with Crippen LogP contribution in [0.5, 0.6) is 5.75 Å². The smallest absolute Gasteiger partial charge is 0.233 e. The van der Waals surface area contributed by atoms with Gasteiger partial charge >= 0.3 is 0 Å². The van der Waals surface area contributed by atoms with Crippen LogP contribution in [-0.4, -0.2) is 51.0 Å². The topological polar surface area (TPSA) is 60.2 Å². The van der Waals surface area contributed by atoms with Crippen molar-refractivity contribution in [2.24, 2.45) is 0 Å². The van der Waals surface area contributed by atoms with Crippen molar-refractivity contribution >= 4 is 17.7 Å². The van der Waals surface area contributed by atoms with Gasteiger partial charge in [0, 0.05) is 12.6 Å². The van der Waals surface area contributed by atoms with Crippen LogP contribution >= 0.6 is 11.8 Å². The fraction of sp³-hybridized carbons (Fsp3) is 0.500. The van der Waals surface area contributed by atoms with Crippen LogP contribution in [0.4, 0.5) is 0 Å². The van der Waals surface area contributed by atoms with Crippen LogP contribution in [0.1, 0.15) is 32.6 Å². The molecule has 2 aromatic rings. The fourth-order valence-electron chi connectivity index (χ4n) is 3.28. The van der Waals surface area contributed by atoms with Crippen LogP contribution in [-0.2, 0) is 4.79 Å². The van der Waals surface area contributed by atoms with Crippen molar-refractivity contribution in [1.29, 1.82) is 0 Å². The Hall–Kier alpha value is -2.02. The van der Waals surface area contributed by atoms with E-state index >= 15 is 0 Å². The van der Waals surface area contributed by atoms with E-state index in [4.69, 9.17) is 4.74 Å². The predicted molar refractivity (Wildman–Crippen MR) is 98.3 cm³/mol. The maximum atomic E-state index is 12.7. The highest BCUT2D eigenvalue weighted by atomic mass is 32.2. The second-order valence-corrected chi connectivity index (χ2v) is 7.03. The van der Waals surface area contributed by atoms with Crippen molar-refractivity contribution in [2.45, 2.75) is 43.8 Å². The molecule has 1 aliphatic rings.